The van der Waals surface area contributed by atoms with Gasteiger partial charge in [-0.2, -0.15) is 4.39 Å². The highest BCUT2D eigenvalue weighted by Crippen LogP contribution is 2.60. The van der Waals surface area contributed by atoms with Crippen molar-refractivity contribution in [2.24, 2.45) is 10.9 Å². The lowest BCUT2D eigenvalue weighted by Gasteiger charge is -2.20. The molecule has 0 bridgehead atoms. The zero-order chi connectivity index (χ0) is 28.8. The Morgan fingerprint density at radius 3 is 2.59 bits per heavy atom. The summed E-state index contributed by atoms with van der Waals surface area (Å²) in [6, 6.07) is 13.3. The molecule has 0 amide bonds. The molecule has 2 aromatic carbocycles. The van der Waals surface area contributed by atoms with Gasteiger partial charge in [0.25, 0.3) is 5.56 Å². The maximum Gasteiger partial charge on any atom is 0.251 e. The first-order valence-corrected chi connectivity index (χ1v) is 15.6. The number of aliphatic imine (C=N–C) groups is 1. The molecule has 0 N–H and O–H groups in total. The summed E-state index contributed by atoms with van der Waals surface area (Å²) in [4.78, 5) is 18.1. The van der Waals surface area contributed by atoms with E-state index >= 15 is 4.39 Å². The van der Waals surface area contributed by atoms with Crippen LogP contribution in [-0.4, -0.2) is 39.9 Å². The minimum atomic E-state index is -3.48. The van der Waals surface area contributed by atoms with Crippen molar-refractivity contribution in [2.45, 2.75) is 36.6 Å². The van der Waals surface area contributed by atoms with Crippen LogP contribution >= 0.6 is 23.2 Å². The van der Waals surface area contributed by atoms with Crippen molar-refractivity contribution in [1.29, 1.82) is 0 Å². The van der Waals surface area contributed by atoms with Gasteiger partial charge in [-0.05, 0) is 66.3 Å². The molecule has 3 unspecified atom stereocenters. The van der Waals surface area contributed by atoms with Gasteiger partial charge in [-0.15, -0.1) is 5.10 Å². The van der Waals surface area contributed by atoms with Gasteiger partial charge in [-0.25, -0.2) is 18.1 Å². The van der Waals surface area contributed by atoms with Crippen LogP contribution in [0.15, 0.2) is 75.4 Å². The van der Waals surface area contributed by atoms with Crippen LogP contribution in [0.3, 0.4) is 0 Å². The summed E-state index contributed by atoms with van der Waals surface area (Å²) >= 11 is 12.3. The van der Waals surface area contributed by atoms with E-state index in [2.05, 4.69) is 15.3 Å². The van der Waals surface area contributed by atoms with Crippen LogP contribution in [0.4, 0.5) is 4.39 Å². The molecule has 208 valence electrons. The summed E-state index contributed by atoms with van der Waals surface area (Å²) in [6.07, 6.45) is 3.78. The zero-order valence-corrected chi connectivity index (χ0v) is 24.2. The molecule has 0 radical (unpaired) electrons. The van der Waals surface area contributed by atoms with E-state index in [1.807, 2.05) is 6.07 Å². The molecule has 0 saturated heterocycles. The summed E-state index contributed by atoms with van der Waals surface area (Å²) in [5.41, 5.74) is 4.68. The van der Waals surface area contributed by atoms with E-state index in [-0.39, 0.29) is 39.9 Å². The van der Waals surface area contributed by atoms with E-state index in [0.29, 0.717) is 44.2 Å². The van der Waals surface area contributed by atoms with Gasteiger partial charge in [0.1, 0.15) is 0 Å². The topological polar surface area (TPSA) is 99.2 Å². The van der Waals surface area contributed by atoms with Crippen molar-refractivity contribution in [3.05, 3.63) is 98.0 Å². The van der Waals surface area contributed by atoms with Gasteiger partial charge < -0.3 is 4.57 Å². The number of nitrogens with zero attached hydrogens (tertiary/aromatic N) is 5. The minimum Gasteiger partial charge on any atom is -0.303 e. The monoisotopic (exact) mass is 609 g/mol. The zero-order valence-electron chi connectivity index (χ0n) is 21.8. The van der Waals surface area contributed by atoms with Gasteiger partial charge in [-0.1, -0.05) is 40.5 Å². The van der Waals surface area contributed by atoms with Crippen LogP contribution in [0.5, 0.6) is 0 Å². The second-order valence-electron chi connectivity index (χ2n) is 10.8. The fraction of sp³-hybridized carbons (Fsp3) is 0.241. The van der Waals surface area contributed by atoms with Gasteiger partial charge >= 0.3 is 0 Å². The number of rotatable bonds is 5. The Hall–Kier alpha value is -3.60. The van der Waals surface area contributed by atoms with Gasteiger partial charge in [0.2, 0.25) is 5.95 Å². The number of pyridine rings is 1. The highest BCUT2D eigenvalue weighted by Gasteiger charge is 2.55. The molecule has 2 aliphatic heterocycles. The number of fused-ring (bicyclic) bond motifs is 3. The van der Waals surface area contributed by atoms with E-state index in [4.69, 9.17) is 23.2 Å². The maximum absolute atomic E-state index is 15.3. The molecule has 3 atom stereocenters. The number of hydrogen-bond donors (Lipinski definition) is 0. The fourth-order valence-corrected chi connectivity index (χ4v) is 7.49. The molecule has 8 nitrogen and oxygen atoms in total. The third kappa shape index (κ3) is 4.36. The first-order valence-electron chi connectivity index (χ1n) is 12.9. The molecule has 3 aliphatic rings. The number of allylic oxidation sites excluding steroid dienone is 1. The van der Waals surface area contributed by atoms with Crippen molar-refractivity contribution >= 4 is 44.3 Å². The fourth-order valence-electron chi connectivity index (χ4n) is 6.20. The highest BCUT2D eigenvalue weighted by molar-refractivity contribution is 7.90. The SMILES string of the molecule is Cc1ccc(C2=C(F)N=C(C3C4CC4c4cc(-c5cc(Cl)ccc5-n5cc(Cl)nn5)cc(=O)n43)C2)cc1S(C)(=O)=O. The molecule has 0 spiro atoms. The quantitative estimate of drug-likeness (QED) is 0.260. The molecule has 12 heteroatoms. The summed E-state index contributed by atoms with van der Waals surface area (Å²) in [5, 5.41) is 8.66. The normalized spacial score (nSPS) is 21.2. The standard InChI is InChI=1S/C29H22Cl2FN5O3S/c1-14-3-4-15(8-25(14)41(2,39)40)19-12-22(33-29(19)32)28-21-11-20(21)24-7-16(9-27(38)37(24)28)18-10-17(30)5-6-23(18)36-13-26(31)34-35-36/h3-10,13,20-21,28H,11-12H2,1-2H3. The molecule has 41 heavy (non-hydrogen) atoms. The van der Waals surface area contributed by atoms with E-state index in [1.165, 1.54) is 10.7 Å². The third-order valence-electron chi connectivity index (χ3n) is 8.11. The Bertz CT molecular complexity index is 2030. The lowest BCUT2D eigenvalue weighted by molar-refractivity contribution is 0.579. The molecule has 4 aromatic rings. The van der Waals surface area contributed by atoms with Crippen molar-refractivity contribution in [3.63, 3.8) is 0 Å². The smallest absolute Gasteiger partial charge is 0.251 e. The lowest BCUT2D eigenvalue weighted by Crippen LogP contribution is -2.29. The second-order valence-corrected chi connectivity index (χ2v) is 13.6. The van der Waals surface area contributed by atoms with Crippen LogP contribution in [0.2, 0.25) is 10.2 Å². The van der Waals surface area contributed by atoms with E-state index in [0.717, 1.165) is 18.4 Å². The molecule has 1 saturated carbocycles. The Kier molecular flexibility index (Phi) is 5.91. The average molecular weight is 610 g/mol. The van der Waals surface area contributed by atoms with E-state index in [9.17, 15) is 13.2 Å². The molecule has 1 fully saturated rings. The number of halogens is 3. The minimum absolute atomic E-state index is 0.140. The van der Waals surface area contributed by atoms with Crippen molar-refractivity contribution in [2.75, 3.05) is 6.26 Å². The highest BCUT2D eigenvalue weighted by atomic mass is 35.5. The largest absolute Gasteiger partial charge is 0.303 e. The Morgan fingerprint density at radius 1 is 1.05 bits per heavy atom. The Morgan fingerprint density at radius 2 is 1.85 bits per heavy atom. The number of benzene rings is 2. The van der Waals surface area contributed by atoms with Crippen LogP contribution in [0, 0.1) is 12.8 Å². The molecule has 1 aliphatic carbocycles. The van der Waals surface area contributed by atoms with E-state index in [1.54, 1.807) is 54.1 Å². The number of aromatic nitrogens is 4. The molecule has 7 rings (SSSR count). The van der Waals surface area contributed by atoms with Crippen LogP contribution in [0.1, 0.15) is 41.6 Å². The summed E-state index contributed by atoms with van der Waals surface area (Å²) in [6.45, 7) is 1.71. The molecule has 4 heterocycles. The first kappa shape index (κ1) is 26.3. The molecule has 2 aromatic heterocycles. The van der Waals surface area contributed by atoms with Gasteiger partial charge in [0.05, 0.1) is 22.8 Å². The van der Waals surface area contributed by atoms with Gasteiger partial charge in [-0.3, -0.25) is 4.79 Å². The number of sulfone groups is 1. The lowest BCUT2D eigenvalue weighted by atomic mass is 9.97. The third-order valence-corrected chi connectivity index (χ3v) is 9.76. The molecular formula is C29H22Cl2FN5O3S. The summed E-state index contributed by atoms with van der Waals surface area (Å²) in [5.74, 6) is -0.350. The van der Waals surface area contributed by atoms with Gasteiger partial charge in [0.15, 0.2) is 15.0 Å². The summed E-state index contributed by atoms with van der Waals surface area (Å²) < 4.78 is 43.0. The Labute approximate surface area is 244 Å². The summed E-state index contributed by atoms with van der Waals surface area (Å²) in [7, 11) is -3.48. The number of aryl methyl sites for hydroxylation is 1. The van der Waals surface area contributed by atoms with E-state index < -0.39 is 15.8 Å². The Balaban J connectivity index is 1.25. The predicted octanol–water partition coefficient (Wildman–Crippen LogP) is 5.96. The second kappa shape index (κ2) is 9.20. The van der Waals surface area contributed by atoms with Crippen molar-refractivity contribution in [1.82, 2.24) is 19.6 Å². The number of hydrogen-bond acceptors (Lipinski definition) is 6. The van der Waals surface area contributed by atoms with Gasteiger partial charge in [0, 0.05) is 52.2 Å². The van der Waals surface area contributed by atoms with Crippen molar-refractivity contribution in [3.8, 4) is 16.8 Å². The molecular weight excluding hydrogens is 588 g/mol. The average Bonchev–Trinajstić information content (AvgIpc) is 3.23. The first-order chi connectivity index (χ1) is 19.5. The van der Waals surface area contributed by atoms with Crippen LogP contribution < -0.4 is 5.56 Å². The van der Waals surface area contributed by atoms with Crippen LogP contribution in [0.25, 0.3) is 22.4 Å². The predicted molar refractivity (Wildman–Crippen MR) is 155 cm³/mol. The van der Waals surface area contributed by atoms with Crippen LogP contribution in [-0.2, 0) is 9.84 Å². The van der Waals surface area contributed by atoms with Crippen molar-refractivity contribution < 1.29 is 12.8 Å². The maximum atomic E-state index is 15.3.